The molecule has 0 amide bonds. The Morgan fingerprint density at radius 3 is 2.67 bits per heavy atom. The molecule has 5 heteroatoms. The first kappa shape index (κ1) is 15.6. The Balaban J connectivity index is 2.78. The Hall–Kier alpha value is -0.490. The van der Waals surface area contributed by atoms with Crippen LogP contribution in [0.2, 0.25) is 0 Å². The number of rotatable bonds is 9. The maximum atomic E-state index is 5.44. The summed E-state index contributed by atoms with van der Waals surface area (Å²) in [5.74, 6) is 0. The summed E-state index contributed by atoms with van der Waals surface area (Å²) in [4.78, 5) is 5.91. The number of hydrogen-bond donors (Lipinski definition) is 1. The smallest absolute Gasteiger partial charge is 0.122 e. The Bertz CT molecular complexity index is 338. The second-order valence-corrected chi connectivity index (χ2v) is 5.28. The first-order chi connectivity index (χ1) is 8.76. The van der Waals surface area contributed by atoms with E-state index >= 15 is 0 Å². The Labute approximate surface area is 114 Å². The van der Waals surface area contributed by atoms with Crippen LogP contribution in [0.1, 0.15) is 48.4 Å². The standard InChI is InChI=1S/C13H24N2O2S/c1-5-7-14-8-12-10(9-16-3)15-13(18-12)11(6-2)17-4/h11,14H,5-9H2,1-4H3. The van der Waals surface area contributed by atoms with Crippen LogP contribution in [0.5, 0.6) is 0 Å². The molecule has 1 heterocycles. The quantitative estimate of drug-likeness (QED) is 0.702. The molecule has 1 aromatic rings. The van der Waals surface area contributed by atoms with Gasteiger partial charge in [-0.1, -0.05) is 13.8 Å². The second-order valence-electron chi connectivity index (χ2n) is 4.16. The van der Waals surface area contributed by atoms with Gasteiger partial charge in [0.05, 0.1) is 12.3 Å². The summed E-state index contributed by atoms with van der Waals surface area (Å²) < 4.78 is 10.7. The largest absolute Gasteiger partial charge is 0.378 e. The van der Waals surface area contributed by atoms with Crippen molar-refractivity contribution in [3.63, 3.8) is 0 Å². The predicted molar refractivity (Wildman–Crippen MR) is 74.9 cm³/mol. The zero-order valence-electron chi connectivity index (χ0n) is 11.8. The fourth-order valence-electron chi connectivity index (χ4n) is 1.75. The van der Waals surface area contributed by atoms with E-state index in [2.05, 4.69) is 24.1 Å². The molecule has 0 saturated carbocycles. The van der Waals surface area contributed by atoms with E-state index in [1.54, 1.807) is 25.6 Å². The topological polar surface area (TPSA) is 43.4 Å². The van der Waals surface area contributed by atoms with E-state index in [1.807, 2.05) is 0 Å². The van der Waals surface area contributed by atoms with E-state index in [9.17, 15) is 0 Å². The van der Waals surface area contributed by atoms with Crippen molar-refractivity contribution in [2.45, 2.75) is 45.9 Å². The molecular weight excluding hydrogens is 248 g/mol. The van der Waals surface area contributed by atoms with Gasteiger partial charge in [0.1, 0.15) is 11.1 Å². The van der Waals surface area contributed by atoms with Crippen molar-refractivity contribution >= 4 is 11.3 Å². The van der Waals surface area contributed by atoms with Gasteiger partial charge in [0, 0.05) is 25.6 Å². The molecule has 0 bridgehead atoms. The minimum atomic E-state index is 0.102. The lowest BCUT2D eigenvalue weighted by Gasteiger charge is -2.08. The van der Waals surface area contributed by atoms with Crippen LogP contribution < -0.4 is 5.32 Å². The van der Waals surface area contributed by atoms with Crippen LogP contribution in [0.3, 0.4) is 0 Å². The average molecular weight is 272 g/mol. The molecule has 0 fully saturated rings. The van der Waals surface area contributed by atoms with Crippen LogP contribution >= 0.6 is 11.3 Å². The van der Waals surface area contributed by atoms with Crippen molar-refractivity contribution in [2.75, 3.05) is 20.8 Å². The van der Waals surface area contributed by atoms with E-state index in [0.717, 1.165) is 36.6 Å². The number of hydrogen-bond acceptors (Lipinski definition) is 5. The molecule has 1 unspecified atom stereocenters. The van der Waals surface area contributed by atoms with Crippen LogP contribution in [-0.2, 0) is 22.6 Å². The number of thiazole rings is 1. The third-order valence-corrected chi connectivity index (χ3v) is 3.91. The predicted octanol–water partition coefficient (Wildman–Crippen LogP) is 2.89. The van der Waals surface area contributed by atoms with Gasteiger partial charge < -0.3 is 14.8 Å². The van der Waals surface area contributed by atoms with Crippen molar-refractivity contribution in [3.8, 4) is 0 Å². The molecule has 1 aromatic heterocycles. The minimum Gasteiger partial charge on any atom is -0.378 e. The second kappa shape index (κ2) is 8.58. The zero-order valence-corrected chi connectivity index (χ0v) is 12.6. The molecule has 4 nitrogen and oxygen atoms in total. The minimum absolute atomic E-state index is 0.102. The fraction of sp³-hybridized carbons (Fsp3) is 0.769. The molecule has 1 atom stereocenters. The SMILES string of the molecule is CCCNCc1sc(C(CC)OC)nc1COC. The monoisotopic (exact) mass is 272 g/mol. The van der Waals surface area contributed by atoms with Crippen LogP contribution in [0.25, 0.3) is 0 Å². The number of methoxy groups -OCH3 is 2. The fourth-order valence-corrected chi connectivity index (χ4v) is 2.95. The van der Waals surface area contributed by atoms with E-state index in [0.29, 0.717) is 6.61 Å². The molecule has 0 spiro atoms. The van der Waals surface area contributed by atoms with E-state index in [-0.39, 0.29) is 6.10 Å². The lowest BCUT2D eigenvalue weighted by Crippen LogP contribution is -2.14. The van der Waals surface area contributed by atoms with Crippen LogP contribution in [0.4, 0.5) is 0 Å². The lowest BCUT2D eigenvalue weighted by molar-refractivity contribution is 0.0992. The van der Waals surface area contributed by atoms with E-state index in [4.69, 9.17) is 9.47 Å². The molecule has 0 radical (unpaired) electrons. The van der Waals surface area contributed by atoms with Crippen molar-refractivity contribution in [2.24, 2.45) is 0 Å². The van der Waals surface area contributed by atoms with Gasteiger partial charge in [0.2, 0.25) is 0 Å². The molecule has 18 heavy (non-hydrogen) atoms. The molecule has 0 aliphatic rings. The summed E-state index contributed by atoms with van der Waals surface area (Å²) in [6.45, 7) is 6.74. The molecule has 1 N–H and O–H groups in total. The summed E-state index contributed by atoms with van der Waals surface area (Å²) in [6, 6.07) is 0. The first-order valence-electron chi connectivity index (χ1n) is 6.47. The number of aromatic nitrogens is 1. The van der Waals surface area contributed by atoms with Gasteiger partial charge in [-0.3, -0.25) is 0 Å². The maximum Gasteiger partial charge on any atom is 0.122 e. The van der Waals surface area contributed by atoms with Crippen LogP contribution in [0, 0.1) is 0 Å². The van der Waals surface area contributed by atoms with Crippen molar-refractivity contribution in [3.05, 3.63) is 15.6 Å². The van der Waals surface area contributed by atoms with Gasteiger partial charge in [-0.05, 0) is 19.4 Å². The lowest BCUT2D eigenvalue weighted by atomic mass is 10.3. The molecular formula is C13H24N2O2S. The van der Waals surface area contributed by atoms with Gasteiger partial charge >= 0.3 is 0 Å². The van der Waals surface area contributed by atoms with Gasteiger partial charge in [0.25, 0.3) is 0 Å². The first-order valence-corrected chi connectivity index (χ1v) is 7.29. The highest BCUT2D eigenvalue weighted by Gasteiger charge is 2.17. The van der Waals surface area contributed by atoms with Crippen LogP contribution in [0.15, 0.2) is 0 Å². The number of nitrogens with one attached hydrogen (secondary N) is 1. The Morgan fingerprint density at radius 2 is 2.11 bits per heavy atom. The molecule has 0 saturated heterocycles. The zero-order chi connectivity index (χ0) is 13.4. The third-order valence-electron chi connectivity index (χ3n) is 2.72. The highest BCUT2D eigenvalue weighted by atomic mass is 32.1. The van der Waals surface area contributed by atoms with Gasteiger partial charge in [-0.15, -0.1) is 11.3 Å². The van der Waals surface area contributed by atoms with Crippen LogP contribution in [-0.4, -0.2) is 25.7 Å². The summed E-state index contributed by atoms with van der Waals surface area (Å²) in [7, 11) is 3.44. The Kier molecular flexibility index (Phi) is 7.42. The Morgan fingerprint density at radius 1 is 1.33 bits per heavy atom. The van der Waals surface area contributed by atoms with Crippen molar-refractivity contribution < 1.29 is 9.47 Å². The van der Waals surface area contributed by atoms with E-state index in [1.165, 1.54) is 4.88 Å². The molecule has 0 aliphatic heterocycles. The summed E-state index contributed by atoms with van der Waals surface area (Å²) in [6.07, 6.45) is 2.18. The van der Waals surface area contributed by atoms with E-state index < -0.39 is 0 Å². The highest BCUT2D eigenvalue weighted by molar-refractivity contribution is 7.11. The van der Waals surface area contributed by atoms with Crippen molar-refractivity contribution in [1.29, 1.82) is 0 Å². The molecule has 1 rings (SSSR count). The van der Waals surface area contributed by atoms with Crippen molar-refractivity contribution in [1.82, 2.24) is 10.3 Å². The number of nitrogens with zero attached hydrogens (tertiary/aromatic N) is 1. The number of ether oxygens (including phenoxy) is 2. The van der Waals surface area contributed by atoms with Gasteiger partial charge in [-0.25, -0.2) is 4.98 Å². The molecule has 0 aromatic carbocycles. The summed E-state index contributed by atoms with van der Waals surface area (Å²) in [5.41, 5.74) is 1.04. The highest BCUT2D eigenvalue weighted by Crippen LogP contribution is 2.28. The van der Waals surface area contributed by atoms with Gasteiger partial charge in [-0.2, -0.15) is 0 Å². The summed E-state index contributed by atoms with van der Waals surface area (Å²) in [5, 5.41) is 4.47. The van der Waals surface area contributed by atoms with Gasteiger partial charge in [0.15, 0.2) is 0 Å². The average Bonchev–Trinajstić information content (AvgIpc) is 2.75. The molecule has 104 valence electrons. The molecule has 0 aliphatic carbocycles. The third kappa shape index (κ3) is 4.31. The maximum absolute atomic E-state index is 5.44. The normalized spacial score (nSPS) is 12.9. The summed E-state index contributed by atoms with van der Waals surface area (Å²) >= 11 is 1.73.